The van der Waals surface area contributed by atoms with E-state index in [1.807, 2.05) is 49.8 Å². The van der Waals surface area contributed by atoms with Crippen molar-refractivity contribution in [3.8, 4) is 0 Å². The molecular formula is C22H25N7. The van der Waals surface area contributed by atoms with Crippen molar-refractivity contribution in [1.82, 2.24) is 20.3 Å². The van der Waals surface area contributed by atoms with Crippen LogP contribution in [-0.2, 0) is 0 Å². The average molecular weight is 387 g/mol. The van der Waals surface area contributed by atoms with Crippen molar-refractivity contribution >= 4 is 40.1 Å². The molecule has 0 spiro atoms. The SMILES string of the molecule is CN/C=C(\C=N)c1ccc(Nc2ncc3ccnc(N4CCCC4C)c3n2)cc1. The van der Waals surface area contributed by atoms with Crippen LogP contribution in [0.3, 0.4) is 0 Å². The Bertz CT molecular complexity index is 1040. The molecule has 1 saturated heterocycles. The second-order valence-corrected chi connectivity index (χ2v) is 7.19. The highest BCUT2D eigenvalue weighted by Crippen LogP contribution is 2.29. The van der Waals surface area contributed by atoms with Gasteiger partial charge in [0.1, 0.15) is 5.52 Å². The zero-order valence-corrected chi connectivity index (χ0v) is 16.7. The number of allylic oxidation sites excluding steroid dienone is 1. The normalized spacial score (nSPS) is 16.8. The molecule has 7 heteroatoms. The van der Waals surface area contributed by atoms with Gasteiger partial charge in [-0.15, -0.1) is 0 Å². The number of hydrogen-bond donors (Lipinski definition) is 3. The summed E-state index contributed by atoms with van der Waals surface area (Å²) in [5.74, 6) is 1.48. The minimum atomic E-state index is 0.473. The molecule has 2 aromatic heterocycles. The Hall–Kier alpha value is -3.48. The van der Waals surface area contributed by atoms with Gasteiger partial charge in [-0.2, -0.15) is 0 Å². The molecule has 29 heavy (non-hydrogen) atoms. The van der Waals surface area contributed by atoms with Gasteiger partial charge in [0.15, 0.2) is 5.82 Å². The maximum absolute atomic E-state index is 7.54. The number of hydrogen-bond acceptors (Lipinski definition) is 7. The fourth-order valence-electron chi connectivity index (χ4n) is 3.70. The molecule has 0 radical (unpaired) electrons. The van der Waals surface area contributed by atoms with E-state index in [9.17, 15) is 0 Å². The monoisotopic (exact) mass is 387 g/mol. The summed E-state index contributed by atoms with van der Waals surface area (Å²) in [6, 6.07) is 10.3. The number of rotatable bonds is 6. The van der Waals surface area contributed by atoms with E-state index in [0.29, 0.717) is 12.0 Å². The lowest BCUT2D eigenvalue weighted by Crippen LogP contribution is -2.27. The maximum Gasteiger partial charge on any atom is 0.227 e. The summed E-state index contributed by atoms with van der Waals surface area (Å²) in [5, 5.41) is 14.8. The minimum absolute atomic E-state index is 0.473. The lowest BCUT2D eigenvalue weighted by molar-refractivity contribution is 0.729. The first-order valence-electron chi connectivity index (χ1n) is 9.83. The molecule has 7 nitrogen and oxygen atoms in total. The predicted molar refractivity (Wildman–Crippen MR) is 119 cm³/mol. The Balaban J connectivity index is 1.61. The molecule has 1 atom stereocenters. The van der Waals surface area contributed by atoms with Crippen LogP contribution in [0.2, 0.25) is 0 Å². The quantitative estimate of drug-likeness (QED) is 0.555. The Morgan fingerprint density at radius 2 is 2.03 bits per heavy atom. The molecule has 1 aliphatic rings. The van der Waals surface area contributed by atoms with Gasteiger partial charge in [0.05, 0.1) is 0 Å². The molecule has 0 aliphatic carbocycles. The molecule has 4 rings (SSSR count). The second-order valence-electron chi connectivity index (χ2n) is 7.19. The molecule has 3 N–H and O–H groups in total. The first kappa shape index (κ1) is 18.9. The first-order valence-corrected chi connectivity index (χ1v) is 9.83. The highest BCUT2D eigenvalue weighted by atomic mass is 15.2. The van der Waals surface area contributed by atoms with Gasteiger partial charge in [0.25, 0.3) is 0 Å². The maximum atomic E-state index is 7.54. The van der Waals surface area contributed by atoms with Crippen LogP contribution in [0.5, 0.6) is 0 Å². The number of nitrogens with one attached hydrogen (secondary N) is 3. The third-order valence-electron chi connectivity index (χ3n) is 5.23. The van der Waals surface area contributed by atoms with Gasteiger partial charge in [-0.3, -0.25) is 0 Å². The van der Waals surface area contributed by atoms with Crippen LogP contribution in [0, 0.1) is 5.41 Å². The van der Waals surface area contributed by atoms with Gasteiger partial charge >= 0.3 is 0 Å². The zero-order valence-electron chi connectivity index (χ0n) is 16.7. The lowest BCUT2D eigenvalue weighted by Gasteiger charge is -2.23. The summed E-state index contributed by atoms with van der Waals surface area (Å²) in [7, 11) is 1.82. The van der Waals surface area contributed by atoms with Crippen molar-refractivity contribution in [2.75, 3.05) is 23.8 Å². The largest absolute Gasteiger partial charge is 0.393 e. The van der Waals surface area contributed by atoms with Gasteiger partial charge in [0, 0.05) is 61.1 Å². The van der Waals surface area contributed by atoms with E-state index < -0.39 is 0 Å². The molecule has 1 aromatic carbocycles. The molecule has 3 aromatic rings. The summed E-state index contributed by atoms with van der Waals surface area (Å²) in [6.07, 6.45) is 9.17. The Labute approximate surface area is 170 Å². The molecule has 3 heterocycles. The molecule has 0 saturated carbocycles. The minimum Gasteiger partial charge on any atom is -0.393 e. The summed E-state index contributed by atoms with van der Waals surface area (Å²) in [6.45, 7) is 3.25. The first-order chi connectivity index (χ1) is 14.2. The van der Waals surface area contributed by atoms with Crippen molar-refractivity contribution < 1.29 is 0 Å². The van der Waals surface area contributed by atoms with Crippen LogP contribution < -0.4 is 15.5 Å². The van der Waals surface area contributed by atoms with Crippen LogP contribution in [0.1, 0.15) is 25.3 Å². The van der Waals surface area contributed by atoms with Gasteiger partial charge in [-0.05, 0) is 43.5 Å². The Morgan fingerprint density at radius 1 is 1.21 bits per heavy atom. The average Bonchev–Trinajstić information content (AvgIpc) is 3.18. The van der Waals surface area contributed by atoms with Crippen LogP contribution in [0.4, 0.5) is 17.5 Å². The fraction of sp³-hybridized carbons (Fsp3) is 0.273. The van der Waals surface area contributed by atoms with E-state index in [2.05, 4.69) is 32.4 Å². The van der Waals surface area contributed by atoms with Crippen LogP contribution in [0.25, 0.3) is 16.5 Å². The highest BCUT2D eigenvalue weighted by molar-refractivity contribution is 6.08. The van der Waals surface area contributed by atoms with Gasteiger partial charge < -0.3 is 20.9 Å². The molecule has 0 amide bonds. The number of nitrogens with zero attached hydrogens (tertiary/aromatic N) is 4. The van der Waals surface area contributed by atoms with Gasteiger partial charge in [-0.1, -0.05) is 12.1 Å². The number of benzene rings is 1. The highest BCUT2D eigenvalue weighted by Gasteiger charge is 2.23. The van der Waals surface area contributed by atoms with Crippen LogP contribution >= 0.6 is 0 Å². The van der Waals surface area contributed by atoms with E-state index >= 15 is 0 Å². The number of anilines is 3. The van der Waals surface area contributed by atoms with Crippen LogP contribution in [0.15, 0.2) is 48.9 Å². The zero-order chi connectivity index (χ0) is 20.2. The van der Waals surface area contributed by atoms with E-state index in [0.717, 1.165) is 40.1 Å². The number of pyridine rings is 1. The Kier molecular flexibility index (Phi) is 5.37. The van der Waals surface area contributed by atoms with Crippen molar-refractivity contribution in [1.29, 1.82) is 5.41 Å². The third kappa shape index (κ3) is 3.89. The van der Waals surface area contributed by atoms with Gasteiger partial charge in [0.2, 0.25) is 5.95 Å². The molecular weight excluding hydrogens is 362 g/mol. The molecule has 0 bridgehead atoms. The summed E-state index contributed by atoms with van der Waals surface area (Å²) in [5.41, 5.74) is 3.55. The van der Waals surface area contributed by atoms with E-state index in [1.165, 1.54) is 19.1 Å². The van der Waals surface area contributed by atoms with Crippen molar-refractivity contribution in [2.24, 2.45) is 0 Å². The number of fused-ring (bicyclic) bond motifs is 1. The molecule has 1 aliphatic heterocycles. The summed E-state index contributed by atoms with van der Waals surface area (Å²) >= 11 is 0. The standard InChI is InChI=1S/C22H25N7/c1-15-4-3-11-29(15)21-20-17(9-10-25-21)14-26-22(28-20)27-19-7-5-16(6-8-19)18(12-23)13-24-2/h5-10,12-15,23-24H,3-4,11H2,1-2H3,(H,26,27,28)/b18-13+,23-12?. The third-order valence-corrected chi connectivity index (χ3v) is 5.23. The fourth-order valence-corrected chi connectivity index (χ4v) is 3.70. The van der Waals surface area contributed by atoms with Gasteiger partial charge in [-0.25, -0.2) is 15.0 Å². The topological polar surface area (TPSA) is 89.8 Å². The van der Waals surface area contributed by atoms with Crippen molar-refractivity contribution in [3.63, 3.8) is 0 Å². The summed E-state index contributed by atoms with van der Waals surface area (Å²) < 4.78 is 0. The lowest BCUT2D eigenvalue weighted by atomic mass is 10.1. The van der Waals surface area contributed by atoms with Crippen molar-refractivity contribution in [3.05, 3.63) is 54.5 Å². The van der Waals surface area contributed by atoms with E-state index in [4.69, 9.17) is 10.4 Å². The molecule has 1 unspecified atom stereocenters. The molecule has 148 valence electrons. The predicted octanol–water partition coefficient (Wildman–Crippen LogP) is 3.97. The Morgan fingerprint density at radius 3 is 2.72 bits per heavy atom. The summed E-state index contributed by atoms with van der Waals surface area (Å²) in [4.78, 5) is 16.2. The molecule has 1 fully saturated rings. The van der Waals surface area contributed by atoms with Crippen LogP contribution in [-0.4, -0.2) is 40.8 Å². The van der Waals surface area contributed by atoms with E-state index in [1.54, 1.807) is 6.20 Å². The second kappa shape index (κ2) is 8.26. The van der Waals surface area contributed by atoms with E-state index in [-0.39, 0.29) is 0 Å². The number of aromatic nitrogens is 3. The van der Waals surface area contributed by atoms with Crippen molar-refractivity contribution in [2.45, 2.75) is 25.8 Å². The smallest absolute Gasteiger partial charge is 0.227 e.